The maximum absolute atomic E-state index is 6.56. The van der Waals surface area contributed by atoms with Crippen LogP contribution < -0.4 is 0 Å². The molecule has 0 aliphatic heterocycles. The molecule has 1 unspecified atom stereocenters. The quantitative estimate of drug-likeness (QED) is 0.242. The van der Waals surface area contributed by atoms with Gasteiger partial charge in [-0.3, -0.25) is 29.7 Å². The van der Waals surface area contributed by atoms with Crippen LogP contribution >= 0.6 is 11.6 Å². The highest BCUT2D eigenvalue weighted by Gasteiger charge is 2.30. The van der Waals surface area contributed by atoms with Gasteiger partial charge in [-0.1, -0.05) is 31.2 Å². The maximum atomic E-state index is 6.56. The molecule has 4 aromatic rings. The molecule has 4 rings (SSSR count). The Labute approximate surface area is 219 Å². The molecule has 0 aliphatic carbocycles. The van der Waals surface area contributed by atoms with Crippen molar-refractivity contribution in [3.8, 4) is 0 Å². The van der Waals surface area contributed by atoms with Gasteiger partial charge >= 0.3 is 0 Å². The average Bonchev–Trinajstić information content (AvgIpc) is 2.94. The standard InChI is InChI=1S/C29H33ClN6/c1-29(23-30,28-13-5-9-17-34-28)24-36(22-27-12-4-8-16-33-27)19-18-35(20-25-10-2-6-14-31-25)21-26-11-3-7-15-32-26/h2-17H,18-24H2,1H3. The highest BCUT2D eigenvalue weighted by Crippen LogP contribution is 2.25. The molecule has 4 aromatic heterocycles. The molecule has 0 aromatic carbocycles. The predicted molar refractivity (Wildman–Crippen MR) is 144 cm³/mol. The summed E-state index contributed by atoms with van der Waals surface area (Å²) >= 11 is 6.56. The first-order chi connectivity index (χ1) is 17.6. The second kappa shape index (κ2) is 13.2. The molecule has 36 heavy (non-hydrogen) atoms. The molecule has 0 saturated heterocycles. The van der Waals surface area contributed by atoms with Crippen molar-refractivity contribution in [2.45, 2.75) is 32.0 Å². The monoisotopic (exact) mass is 500 g/mol. The van der Waals surface area contributed by atoms with Crippen LogP contribution in [0.3, 0.4) is 0 Å². The van der Waals surface area contributed by atoms with Gasteiger partial charge < -0.3 is 0 Å². The molecule has 4 heterocycles. The van der Waals surface area contributed by atoms with Gasteiger partial charge in [-0.05, 0) is 48.5 Å². The van der Waals surface area contributed by atoms with Gasteiger partial charge in [0.2, 0.25) is 0 Å². The number of hydrogen-bond donors (Lipinski definition) is 0. The molecular formula is C29H33ClN6. The van der Waals surface area contributed by atoms with Crippen molar-refractivity contribution in [2.75, 3.05) is 25.5 Å². The van der Waals surface area contributed by atoms with Gasteiger partial charge in [0.05, 0.1) is 17.1 Å². The molecule has 6 nitrogen and oxygen atoms in total. The Balaban J connectivity index is 1.53. The number of halogens is 1. The molecule has 0 fully saturated rings. The molecule has 0 bridgehead atoms. The summed E-state index contributed by atoms with van der Waals surface area (Å²) in [5.74, 6) is 0.480. The fourth-order valence-electron chi connectivity index (χ4n) is 4.28. The van der Waals surface area contributed by atoms with Crippen molar-refractivity contribution in [3.05, 3.63) is 120 Å². The molecule has 0 amide bonds. The smallest absolute Gasteiger partial charge is 0.0544 e. The number of hydrogen-bond acceptors (Lipinski definition) is 6. The van der Waals surface area contributed by atoms with E-state index in [4.69, 9.17) is 11.6 Å². The molecular weight excluding hydrogens is 468 g/mol. The van der Waals surface area contributed by atoms with Crippen molar-refractivity contribution in [1.82, 2.24) is 29.7 Å². The normalized spacial score (nSPS) is 13.1. The van der Waals surface area contributed by atoms with Gasteiger partial charge in [0.1, 0.15) is 0 Å². The van der Waals surface area contributed by atoms with Crippen LogP contribution in [0.2, 0.25) is 0 Å². The summed E-state index contributed by atoms with van der Waals surface area (Å²) in [6, 6.07) is 24.2. The lowest BCUT2D eigenvalue weighted by Gasteiger charge is -2.35. The summed E-state index contributed by atoms with van der Waals surface area (Å²) < 4.78 is 0. The third-order valence-electron chi connectivity index (χ3n) is 6.22. The minimum absolute atomic E-state index is 0.287. The topological polar surface area (TPSA) is 58.0 Å². The number of nitrogens with zero attached hydrogens (tertiary/aromatic N) is 6. The molecule has 7 heteroatoms. The zero-order chi connectivity index (χ0) is 25.1. The second-order valence-corrected chi connectivity index (χ2v) is 9.56. The Bertz CT molecular complexity index is 1110. The van der Waals surface area contributed by atoms with Crippen LogP contribution in [0.4, 0.5) is 0 Å². The van der Waals surface area contributed by atoms with Crippen LogP contribution in [-0.2, 0) is 25.0 Å². The molecule has 1 atom stereocenters. The Kier molecular flexibility index (Phi) is 9.50. The van der Waals surface area contributed by atoms with Gasteiger partial charge in [0.25, 0.3) is 0 Å². The summed E-state index contributed by atoms with van der Waals surface area (Å²) in [4.78, 5) is 23.2. The summed E-state index contributed by atoms with van der Waals surface area (Å²) in [6.07, 6.45) is 7.38. The first-order valence-corrected chi connectivity index (χ1v) is 12.8. The first kappa shape index (κ1) is 25.9. The lowest BCUT2D eigenvalue weighted by Crippen LogP contribution is -2.43. The van der Waals surface area contributed by atoms with Gasteiger partial charge in [-0.25, -0.2) is 0 Å². The molecule has 0 N–H and O–H groups in total. The van der Waals surface area contributed by atoms with E-state index in [0.29, 0.717) is 5.88 Å². The lowest BCUT2D eigenvalue weighted by atomic mass is 9.87. The van der Waals surface area contributed by atoms with E-state index in [9.17, 15) is 0 Å². The summed E-state index contributed by atoms with van der Waals surface area (Å²) in [5.41, 5.74) is 3.85. The lowest BCUT2D eigenvalue weighted by molar-refractivity contribution is 0.162. The molecule has 0 saturated carbocycles. The summed E-state index contributed by atoms with van der Waals surface area (Å²) in [5, 5.41) is 0. The van der Waals surface area contributed by atoms with Crippen LogP contribution in [0.25, 0.3) is 0 Å². The number of alkyl halides is 1. The van der Waals surface area contributed by atoms with Crippen molar-refractivity contribution in [1.29, 1.82) is 0 Å². The highest BCUT2D eigenvalue weighted by atomic mass is 35.5. The van der Waals surface area contributed by atoms with Gasteiger partial charge in [0, 0.05) is 81.0 Å². The Hall–Kier alpha value is -3.19. The summed E-state index contributed by atoms with van der Waals surface area (Å²) in [6.45, 7) is 6.89. The van der Waals surface area contributed by atoms with Crippen molar-refractivity contribution in [3.63, 3.8) is 0 Å². The zero-order valence-electron chi connectivity index (χ0n) is 20.7. The minimum atomic E-state index is -0.287. The van der Waals surface area contributed by atoms with E-state index in [1.54, 1.807) is 0 Å². The minimum Gasteiger partial charge on any atom is -0.295 e. The number of pyridine rings is 4. The van der Waals surface area contributed by atoms with E-state index < -0.39 is 0 Å². The van der Waals surface area contributed by atoms with Gasteiger partial charge in [-0.2, -0.15) is 0 Å². The molecule has 0 spiro atoms. The van der Waals surface area contributed by atoms with Crippen LogP contribution in [0.1, 0.15) is 29.7 Å². The SMILES string of the molecule is CC(CCl)(CN(CCN(Cc1ccccn1)Cc1ccccn1)Cc1ccccn1)c1ccccn1. The van der Waals surface area contributed by atoms with Crippen molar-refractivity contribution in [2.24, 2.45) is 0 Å². The fourth-order valence-corrected chi connectivity index (χ4v) is 4.50. The maximum Gasteiger partial charge on any atom is 0.0544 e. The Morgan fingerprint density at radius 3 is 1.47 bits per heavy atom. The van der Waals surface area contributed by atoms with E-state index in [1.165, 1.54) is 0 Å². The largest absolute Gasteiger partial charge is 0.295 e. The summed E-state index contributed by atoms with van der Waals surface area (Å²) in [7, 11) is 0. The number of rotatable bonds is 13. The predicted octanol–water partition coefficient (Wildman–Crippen LogP) is 4.97. The van der Waals surface area contributed by atoms with E-state index in [-0.39, 0.29) is 5.41 Å². The first-order valence-electron chi connectivity index (χ1n) is 12.3. The second-order valence-electron chi connectivity index (χ2n) is 9.29. The van der Waals surface area contributed by atoms with Crippen molar-refractivity contribution >= 4 is 11.6 Å². The van der Waals surface area contributed by atoms with E-state index in [2.05, 4.69) is 60.9 Å². The average molecular weight is 501 g/mol. The van der Waals surface area contributed by atoms with Gasteiger partial charge in [0.15, 0.2) is 0 Å². The Morgan fingerprint density at radius 1 is 0.611 bits per heavy atom. The van der Waals surface area contributed by atoms with Crippen LogP contribution in [0, 0.1) is 0 Å². The molecule has 186 valence electrons. The third-order valence-corrected chi connectivity index (χ3v) is 6.81. The van der Waals surface area contributed by atoms with Crippen LogP contribution in [0.5, 0.6) is 0 Å². The van der Waals surface area contributed by atoms with Crippen LogP contribution in [0.15, 0.2) is 97.6 Å². The Morgan fingerprint density at radius 2 is 1.06 bits per heavy atom. The molecule has 0 radical (unpaired) electrons. The van der Waals surface area contributed by atoms with Crippen molar-refractivity contribution < 1.29 is 0 Å². The fraction of sp³-hybridized carbons (Fsp3) is 0.310. The van der Waals surface area contributed by atoms with E-state index >= 15 is 0 Å². The van der Waals surface area contributed by atoms with E-state index in [1.807, 2.05) is 73.3 Å². The highest BCUT2D eigenvalue weighted by molar-refractivity contribution is 6.18. The third kappa shape index (κ3) is 7.65. The number of aromatic nitrogens is 4. The van der Waals surface area contributed by atoms with Crippen LogP contribution in [-0.4, -0.2) is 55.3 Å². The zero-order valence-corrected chi connectivity index (χ0v) is 21.5. The molecule has 0 aliphatic rings. The van der Waals surface area contributed by atoms with E-state index in [0.717, 1.165) is 62.0 Å². The van der Waals surface area contributed by atoms with Gasteiger partial charge in [-0.15, -0.1) is 11.6 Å².